The van der Waals surface area contributed by atoms with Gasteiger partial charge in [-0.1, -0.05) is 12.1 Å². The summed E-state index contributed by atoms with van der Waals surface area (Å²) in [6, 6.07) is 4.33. The molecule has 1 aromatic carbocycles. The molecule has 0 radical (unpaired) electrons. The number of halogens is 4. The summed E-state index contributed by atoms with van der Waals surface area (Å²) in [5, 5.41) is 11.1. The number of nitrogens with one attached hydrogen (secondary N) is 1. The minimum absolute atomic E-state index is 0.0798. The first-order valence-corrected chi connectivity index (χ1v) is 7.01. The molecule has 5 nitrogen and oxygen atoms in total. The topological polar surface area (TPSA) is 79.5 Å². The van der Waals surface area contributed by atoms with E-state index in [4.69, 9.17) is 9.52 Å². The van der Waals surface area contributed by atoms with Crippen molar-refractivity contribution in [3.05, 3.63) is 58.5 Å². The van der Waals surface area contributed by atoms with Crippen molar-refractivity contribution in [2.75, 3.05) is 0 Å². The molecule has 1 aromatic heterocycles. The Bertz CT molecular complexity index is 780. The number of alkyl halides is 4. The molecule has 25 heavy (non-hydrogen) atoms. The van der Waals surface area contributed by atoms with Gasteiger partial charge < -0.3 is 14.8 Å². The summed E-state index contributed by atoms with van der Waals surface area (Å²) < 4.78 is 56.5. The predicted molar refractivity (Wildman–Crippen MR) is 77.5 cm³/mol. The minimum atomic E-state index is -4.55. The molecular weight excluding hydrogens is 346 g/mol. The molecule has 2 aromatic rings. The third kappa shape index (κ3) is 4.37. The Hall–Kier alpha value is -2.84. The normalized spacial score (nSPS) is 12.7. The average Bonchev–Trinajstić information content (AvgIpc) is 2.92. The number of rotatable bonds is 5. The van der Waals surface area contributed by atoms with Crippen LogP contribution in [0.25, 0.3) is 0 Å². The monoisotopic (exact) mass is 359 g/mol. The molecule has 1 atom stereocenters. The van der Waals surface area contributed by atoms with Gasteiger partial charge in [0.15, 0.2) is 0 Å². The fourth-order valence-corrected chi connectivity index (χ4v) is 2.10. The lowest BCUT2D eigenvalue weighted by atomic mass is 10.1. The van der Waals surface area contributed by atoms with Crippen LogP contribution >= 0.6 is 0 Å². The Morgan fingerprint density at radius 2 is 1.84 bits per heavy atom. The summed E-state index contributed by atoms with van der Waals surface area (Å²) in [5.41, 5.74) is -1.26. The van der Waals surface area contributed by atoms with E-state index in [1.165, 1.54) is 13.0 Å². The smallest absolute Gasteiger partial charge is 0.416 e. The Labute approximate surface area is 139 Å². The van der Waals surface area contributed by atoms with E-state index in [1.807, 2.05) is 0 Å². The van der Waals surface area contributed by atoms with Crippen LogP contribution in [0.2, 0.25) is 0 Å². The average molecular weight is 359 g/mol. The second-order valence-corrected chi connectivity index (χ2v) is 5.19. The van der Waals surface area contributed by atoms with Gasteiger partial charge in [0, 0.05) is 0 Å². The highest BCUT2D eigenvalue weighted by Gasteiger charge is 2.30. The van der Waals surface area contributed by atoms with Crippen molar-refractivity contribution in [2.45, 2.75) is 25.8 Å². The van der Waals surface area contributed by atoms with Crippen molar-refractivity contribution in [3.8, 4) is 0 Å². The predicted octanol–water partition coefficient (Wildman–Crippen LogP) is 3.63. The molecule has 0 fully saturated rings. The van der Waals surface area contributed by atoms with Crippen molar-refractivity contribution in [3.63, 3.8) is 0 Å². The second-order valence-electron chi connectivity index (χ2n) is 5.19. The number of carbonyl (C=O) groups is 2. The van der Waals surface area contributed by atoms with E-state index in [0.29, 0.717) is 12.1 Å². The molecule has 134 valence electrons. The number of aryl methyl sites for hydroxylation is 1. The molecule has 9 heteroatoms. The van der Waals surface area contributed by atoms with Gasteiger partial charge in [0.25, 0.3) is 5.91 Å². The van der Waals surface area contributed by atoms with Crippen LogP contribution in [0.15, 0.2) is 34.7 Å². The number of carboxylic acid groups (broad SMARTS) is 1. The number of aromatic carboxylic acids is 1. The molecule has 2 N–H and O–H groups in total. The maximum atomic E-state index is 14.1. The van der Waals surface area contributed by atoms with E-state index in [2.05, 4.69) is 5.32 Å². The lowest BCUT2D eigenvalue weighted by molar-refractivity contribution is -0.137. The van der Waals surface area contributed by atoms with Gasteiger partial charge in [-0.15, -0.1) is 0 Å². The lowest BCUT2D eigenvalue weighted by Gasteiger charge is -2.11. The SMILES string of the molecule is Cc1oc(CNC(=O)C(F)c2ccc(C(F)(F)F)cc2)cc1C(=O)O. The maximum Gasteiger partial charge on any atom is 0.416 e. The van der Waals surface area contributed by atoms with E-state index in [9.17, 15) is 27.2 Å². The zero-order valence-electron chi connectivity index (χ0n) is 12.9. The van der Waals surface area contributed by atoms with Crippen LogP contribution in [0.3, 0.4) is 0 Å². The van der Waals surface area contributed by atoms with Gasteiger partial charge in [-0.25, -0.2) is 9.18 Å². The van der Waals surface area contributed by atoms with E-state index in [0.717, 1.165) is 12.1 Å². The Morgan fingerprint density at radius 1 is 1.24 bits per heavy atom. The third-order valence-corrected chi connectivity index (χ3v) is 3.40. The van der Waals surface area contributed by atoms with Gasteiger partial charge in [-0.2, -0.15) is 13.2 Å². The Morgan fingerprint density at radius 3 is 2.32 bits per heavy atom. The third-order valence-electron chi connectivity index (χ3n) is 3.40. The molecule has 0 aliphatic carbocycles. The van der Waals surface area contributed by atoms with Crippen LogP contribution in [0.4, 0.5) is 17.6 Å². The van der Waals surface area contributed by atoms with Crippen LogP contribution in [0, 0.1) is 6.92 Å². The summed E-state index contributed by atoms with van der Waals surface area (Å²) in [4.78, 5) is 22.6. The van der Waals surface area contributed by atoms with Gasteiger partial charge >= 0.3 is 12.1 Å². The largest absolute Gasteiger partial charge is 0.478 e. The number of hydrogen-bond acceptors (Lipinski definition) is 3. The summed E-state index contributed by atoms with van der Waals surface area (Å²) in [6.07, 6.45) is -6.72. The Kier molecular flexibility index (Phi) is 5.15. The van der Waals surface area contributed by atoms with Crippen molar-refractivity contribution >= 4 is 11.9 Å². The van der Waals surface area contributed by atoms with E-state index < -0.39 is 29.8 Å². The highest BCUT2D eigenvalue weighted by Crippen LogP contribution is 2.30. The number of amides is 1. The molecule has 1 unspecified atom stereocenters. The zero-order valence-corrected chi connectivity index (χ0v) is 12.9. The molecule has 2 rings (SSSR count). The molecule has 1 heterocycles. The summed E-state index contributed by atoms with van der Waals surface area (Å²) in [7, 11) is 0. The van der Waals surface area contributed by atoms with E-state index in [1.54, 1.807) is 0 Å². The van der Waals surface area contributed by atoms with Crippen LogP contribution in [-0.2, 0) is 17.5 Å². The number of benzene rings is 1. The first-order chi connectivity index (χ1) is 11.6. The molecular formula is C16H13F4NO4. The number of furan rings is 1. The fourth-order valence-electron chi connectivity index (χ4n) is 2.10. The maximum absolute atomic E-state index is 14.1. The summed E-state index contributed by atoms with van der Waals surface area (Å²) in [5.74, 6) is -2.03. The lowest BCUT2D eigenvalue weighted by Crippen LogP contribution is -2.26. The second kappa shape index (κ2) is 6.96. The molecule has 0 saturated carbocycles. The van der Waals surface area contributed by atoms with Gasteiger partial charge in [0.1, 0.15) is 17.1 Å². The van der Waals surface area contributed by atoms with Crippen LogP contribution < -0.4 is 5.32 Å². The van der Waals surface area contributed by atoms with Crippen molar-refractivity contribution < 1.29 is 36.7 Å². The van der Waals surface area contributed by atoms with Gasteiger partial charge in [0.2, 0.25) is 6.17 Å². The van der Waals surface area contributed by atoms with Gasteiger partial charge in [-0.3, -0.25) is 4.79 Å². The molecule has 0 bridgehead atoms. The quantitative estimate of drug-likeness (QED) is 0.799. The van der Waals surface area contributed by atoms with Crippen molar-refractivity contribution in [1.29, 1.82) is 0 Å². The van der Waals surface area contributed by atoms with E-state index >= 15 is 0 Å². The molecule has 0 aliphatic rings. The van der Waals surface area contributed by atoms with E-state index in [-0.39, 0.29) is 29.2 Å². The summed E-state index contributed by atoms with van der Waals surface area (Å²) >= 11 is 0. The Balaban J connectivity index is 2.00. The van der Waals surface area contributed by atoms with Crippen LogP contribution in [0.5, 0.6) is 0 Å². The first-order valence-electron chi connectivity index (χ1n) is 7.01. The molecule has 0 saturated heterocycles. The number of carboxylic acids is 1. The van der Waals surface area contributed by atoms with Gasteiger partial charge in [0.05, 0.1) is 12.1 Å². The van der Waals surface area contributed by atoms with Crippen molar-refractivity contribution in [2.24, 2.45) is 0 Å². The summed E-state index contributed by atoms with van der Waals surface area (Å²) in [6.45, 7) is 1.17. The standard InChI is InChI=1S/C16H13F4NO4/c1-8-12(15(23)24)6-11(25-8)7-21-14(22)13(17)9-2-4-10(5-3-9)16(18,19)20/h2-6,13H,7H2,1H3,(H,21,22)(H,23,24). The number of carbonyl (C=O) groups excluding carboxylic acids is 1. The van der Waals surface area contributed by atoms with Gasteiger partial charge in [-0.05, 0) is 30.7 Å². The zero-order chi connectivity index (χ0) is 18.8. The van der Waals surface area contributed by atoms with Crippen LogP contribution in [0.1, 0.15) is 39.2 Å². The van der Waals surface area contributed by atoms with Crippen molar-refractivity contribution in [1.82, 2.24) is 5.32 Å². The highest BCUT2D eigenvalue weighted by molar-refractivity contribution is 5.88. The highest BCUT2D eigenvalue weighted by atomic mass is 19.4. The molecule has 0 aliphatic heterocycles. The van der Waals surface area contributed by atoms with Crippen LogP contribution in [-0.4, -0.2) is 17.0 Å². The fraction of sp³-hybridized carbons (Fsp3) is 0.250. The first kappa shape index (κ1) is 18.5. The molecule has 0 spiro atoms. The molecule has 1 amide bonds. The number of hydrogen-bond donors (Lipinski definition) is 2. The minimum Gasteiger partial charge on any atom is -0.478 e.